The Hall–Kier alpha value is -1.78. The number of carbonyl (C=O) groups excluding carboxylic acids is 2. The Labute approximate surface area is 78.3 Å². The van der Waals surface area contributed by atoms with Crippen LogP contribution in [0.1, 0.15) is 20.7 Å². The number of aldehydes is 1. The average Bonchev–Trinajstić information content (AvgIpc) is 2.20. The average molecular weight is 200 g/mol. The molecule has 0 radical (unpaired) electrons. The van der Waals surface area contributed by atoms with Gasteiger partial charge in [0.15, 0.2) is 17.9 Å². The molecule has 0 aliphatic heterocycles. The predicted molar refractivity (Wildman–Crippen MR) is 43.1 cm³/mol. The van der Waals surface area contributed by atoms with Crippen molar-refractivity contribution in [1.29, 1.82) is 0 Å². The maximum absolute atomic E-state index is 12.9. The maximum Gasteiger partial charge on any atom is 0.338 e. The largest absolute Gasteiger partial charge is 0.465 e. The molecule has 0 aliphatic rings. The summed E-state index contributed by atoms with van der Waals surface area (Å²) in [7, 11) is 1.08. The predicted octanol–water partition coefficient (Wildman–Crippen LogP) is 1.56. The van der Waals surface area contributed by atoms with Crippen LogP contribution in [-0.2, 0) is 4.74 Å². The summed E-state index contributed by atoms with van der Waals surface area (Å²) < 4.78 is 29.9. The molecule has 0 aliphatic carbocycles. The normalized spacial score (nSPS) is 9.64. The molecule has 0 saturated carbocycles. The summed E-state index contributed by atoms with van der Waals surface area (Å²) in [6.45, 7) is 0. The Morgan fingerprint density at radius 2 is 2.07 bits per heavy atom. The van der Waals surface area contributed by atoms with Crippen molar-refractivity contribution >= 4 is 12.3 Å². The van der Waals surface area contributed by atoms with Gasteiger partial charge in [-0.1, -0.05) is 0 Å². The molecule has 0 amide bonds. The van der Waals surface area contributed by atoms with Crippen LogP contribution in [-0.4, -0.2) is 19.4 Å². The van der Waals surface area contributed by atoms with Crippen molar-refractivity contribution in [2.75, 3.05) is 7.11 Å². The molecule has 0 bridgehead atoms. The molecule has 0 spiro atoms. The van der Waals surface area contributed by atoms with Crippen molar-refractivity contribution in [1.82, 2.24) is 0 Å². The number of hydrogen-bond acceptors (Lipinski definition) is 3. The van der Waals surface area contributed by atoms with Crippen LogP contribution >= 0.6 is 0 Å². The standard InChI is InChI=1S/C9H6F2O3/c1-14-9(13)5-2-3-7(10)8(11)6(5)4-12/h2-4H,1H3. The fourth-order valence-electron chi connectivity index (χ4n) is 0.969. The second kappa shape index (κ2) is 3.95. The molecule has 14 heavy (non-hydrogen) atoms. The summed E-state index contributed by atoms with van der Waals surface area (Å²) in [6.07, 6.45) is 0.0741. The molecule has 0 saturated heterocycles. The van der Waals surface area contributed by atoms with Crippen molar-refractivity contribution < 1.29 is 23.1 Å². The Bertz CT molecular complexity index is 388. The first-order valence-corrected chi connectivity index (χ1v) is 3.63. The van der Waals surface area contributed by atoms with Crippen LogP contribution in [0.25, 0.3) is 0 Å². The molecule has 1 aromatic carbocycles. The van der Waals surface area contributed by atoms with Gasteiger partial charge in [-0.25, -0.2) is 13.6 Å². The van der Waals surface area contributed by atoms with Crippen LogP contribution in [0.5, 0.6) is 0 Å². The van der Waals surface area contributed by atoms with Crippen LogP contribution < -0.4 is 0 Å². The van der Waals surface area contributed by atoms with E-state index in [4.69, 9.17) is 0 Å². The third kappa shape index (κ3) is 1.61. The SMILES string of the molecule is COC(=O)c1ccc(F)c(F)c1C=O. The second-order valence-corrected chi connectivity index (χ2v) is 2.43. The van der Waals surface area contributed by atoms with Gasteiger partial charge in [-0.2, -0.15) is 0 Å². The van der Waals surface area contributed by atoms with Gasteiger partial charge in [0, 0.05) is 0 Å². The van der Waals surface area contributed by atoms with Crippen molar-refractivity contribution in [2.45, 2.75) is 0 Å². The van der Waals surface area contributed by atoms with Gasteiger partial charge in [-0.15, -0.1) is 0 Å². The Balaban J connectivity index is 3.38. The minimum atomic E-state index is -1.34. The molecule has 0 atom stereocenters. The quantitative estimate of drug-likeness (QED) is 0.537. The first-order chi connectivity index (χ1) is 6.61. The molecule has 0 N–H and O–H groups in total. The highest BCUT2D eigenvalue weighted by atomic mass is 19.2. The van der Waals surface area contributed by atoms with E-state index in [0.29, 0.717) is 0 Å². The topological polar surface area (TPSA) is 43.4 Å². The monoisotopic (exact) mass is 200 g/mol. The number of halogens is 2. The molecular weight excluding hydrogens is 194 g/mol. The molecule has 5 heteroatoms. The van der Waals surface area contributed by atoms with Gasteiger partial charge in [-0.3, -0.25) is 4.79 Å². The summed E-state index contributed by atoms with van der Waals surface area (Å²) >= 11 is 0. The van der Waals surface area contributed by atoms with E-state index in [1.165, 1.54) is 0 Å². The first kappa shape index (κ1) is 10.3. The lowest BCUT2D eigenvalue weighted by atomic mass is 10.1. The Morgan fingerprint density at radius 3 is 2.57 bits per heavy atom. The van der Waals surface area contributed by atoms with Crippen molar-refractivity contribution in [3.05, 3.63) is 34.9 Å². The fraction of sp³-hybridized carbons (Fsp3) is 0.111. The fourth-order valence-corrected chi connectivity index (χ4v) is 0.969. The van der Waals surface area contributed by atoms with Crippen LogP contribution in [0, 0.1) is 11.6 Å². The van der Waals surface area contributed by atoms with Gasteiger partial charge in [0.05, 0.1) is 18.2 Å². The number of carbonyl (C=O) groups is 2. The first-order valence-electron chi connectivity index (χ1n) is 3.63. The van der Waals surface area contributed by atoms with E-state index in [-0.39, 0.29) is 11.8 Å². The van der Waals surface area contributed by atoms with Gasteiger partial charge in [-0.05, 0) is 12.1 Å². The van der Waals surface area contributed by atoms with Crippen LogP contribution in [0.3, 0.4) is 0 Å². The summed E-state index contributed by atoms with van der Waals surface area (Å²) in [5.41, 5.74) is -0.918. The molecule has 0 aromatic heterocycles. The summed E-state index contributed by atoms with van der Waals surface area (Å²) in [5.74, 6) is -3.41. The molecule has 1 rings (SSSR count). The highest BCUT2D eigenvalue weighted by Crippen LogP contribution is 2.15. The van der Waals surface area contributed by atoms with E-state index < -0.39 is 23.2 Å². The maximum atomic E-state index is 12.9. The summed E-state index contributed by atoms with van der Waals surface area (Å²) in [4.78, 5) is 21.4. The molecule has 0 heterocycles. The van der Waals surface area contributed by atoms with Crippen LogP contribution in [0.4, 0.5) is 8.78 Å². The summed E-state index contributed by atoms with van der Waals surface area (Å²) in [5, 5.41) is 0. The third-order valence-corrected chi connectivity index (χ3v) is 1.66. The van der Waals surface area contributed by atoms with Crippen molar-refractivity contribution in [3.63, 3.8) is 0 Å². The van der Waals surface area contributed by atoms with E-state index in [9.17, 15) is 18.4 Å². The van der Waals surface area contributed by atoms with Gasteiger partial charge in [0.2, 0.25) is 0 Å². The summed E-state index contributed by atoms with van der Waals surface area (Å²) in [6, 6.07) is 1.75. The number of hydrogen-bond donors (Lipinski definition) is 0. The smallest absolute Gasteiger partial charge is 0.338 e. The third-order valence-electron chi connectivity index (χ3n) is 1.66. The molecule has 1 aromatic rings. The van der Waals surface area contributed by atoms with Crippen LogP contribution in [0.15, 0.2) is 12.1 Å². The molecular formula is C9H6F2O3. The zero-order valence-electron chi connectivity index (χ0n) is 7.21. The Kier molecular flexibility index (Phi) is 2.91. The highest BCUT2D eigenvalue weighted by Gasteiger charge is 2.18. The van der Waals surface area contributed by atoms with Crippen molar-refractivity contribution in [2.24, 2.45) is 0 Å². The minimum absolute atomic E-state index is 0.0741. The number of rotatable bonds is 2. The molecule has 74 valence electrons. The minimum Gasteiger partial charge on any atom is -0.465 e. The van der Waals surface area contributed by atoms with Gasteiger partial charge < -0.3 is 4.74 Å². The zero-order chi connectivity index (χ0) is 10.7. The number of benzene rings is 1. The lowest BCUT2D eigenvalue weighted by Crippen LogP contribution is -2.08. The van der Waals surface area contributed by atoms with E-state index in [2.05, 4.69) is 4.74 Å². The molecule has 0 fully saturated rings. The van der Waals surface area contributed by atoms with E-state index in [1.807, 2.05) is 0 Å². The highest BCUT2D eigenvalue weighted by molar-refractivity contribution is 5.98. The second-order valence-electron chi connectivity index (χ2n) is 2.43. The van der Waals surface area contributed by atoms with Crippen LogP contribution in [0.2, 0.25) is 0 Å². The number of esters is 1. The van der Waals surface area contributed by atoms with Gasteiger partial charge in [0.25, 0.3) is 0 Å². The van der Waals surface area contributed by atoms with E-state index in [0.717, 1.165) is 19.2 Å². The molecule has 3 nitrogen and oxygen atoms in total. The molecule has 0 unspecified atom stereocenters. The lowest BCUT2D eigenvalue weighted by Gasteiger charge is -2.03. The zero-order valence-corrected chi connectivity index (χ0v) is 7.21. The number of methoxy groups -OCH3 is 1. The van der Waals surface area contributed by atoms with E-state index >= 15 is 0 Å². The van der Waals surface area contributed by atoms with Gasteiger partial charge in [0.1, 0.15) is 0 Å². The Morgan fingerprint density at radius 1 is 1.43 bits per heavy atom. The number of ether oxygens (including phenoxy) is 1. The lowest BCUT2D eigenvalue weighted by molar-refractivity contribution is 0.0597. The van der Waals surface area contributed by atoms with E-state index in [1.54, 1.807) is 0 Å². The van der Waals surface area contributed by atoms with Gasteiger partial charge >= 0.3 is 5.97 Å². The van der Waals surface area contributed by atoms with Crippen molar-refractivity contribution in [3.8, 4) is 0 Å².